The van der Waals surface area contributed by atoms with Crippen molar-refractivity contribution in [3.05, 3.63) is 59.2 Å². The Bertz CT molecular complexity index is 876. The first kappa shape index (κ1) is 17.6. The summed E-state index contributed by atoms with van der Waals surface area (Å²) in [5.74, 6) is 1.18. The Morgan fingerprint density at radius 3 is 2.44 bits per heavy atom. The van der Waals surface area contributed by atoms with Gasteiger partial charge in [-0.2, -0.15) is 0 Å². The van der Waals surface area contributed by atoms with Gasteiger partial charge in [0.25, 0.3) is 0 Å². The highest BCUT2D eigenvalue weighted by molar-refractivity contribution is 7.09. The number of anilines is 1. The Hall–Kier alpha value is -2.80. The van der Waals surface area contributed by atoms with Gasteiger partial charge >= 0.3 is 0 Å². The van der Waals surface area contributed by atoms with E-state index in [0.29, 0.717) is 12.8 Å². The molecule has 1 amide bonds. The van der Waals surface area contributed by atoms with Crippen molar-refractivity contribution in [2.24, 2.45) is 0 Å². The summed E-state index contributed by atoms with van der Waals surface area (Å²) in [4.78, 5) is 30.1. The lowest BCUT2D eigenvalue weighted by Crippen LogP contribution is -2.49. The average molecular weight is 379 g/mol. The third-order valence-corrected chi connectivity index (χ3v) is 5.55. The Morgan fingerprint density at radius 1 is 0.963 bits per heavy atom. The number of amides is 1. The number of carbonyl (C=O) groups excluding carboxylic acids is 1. The number of carbonyl (C=O) groups is 1. The summed E-state index contributed by atoms with van der Waals surface area (Å²) in [6, 6.07) is 11.7. The molecule has 3 aromatic heterocycles. The lowest BCUT2D eigenvalue weighted by molar-refractivity contribution is -0.131. The smallest absolute Gasteiger partial charge is 0.223 e. The molecule has 0 bridgehead atoms. The molecule has 6 nitrogen and oxygen atoms in total. The summed E-state index contributed by atoms with van der Waals surface area (Å²) in [7, 11) is 0. The van der Waals surface area contributed by atoms with Gasteiger partial charge in [0, 0.05) is 56.8 Å². The minimum Gasteiger partial charge on any atom is -0.353 e. The Balaban J connectivity index is 1.27. The number of hydrogen-bond acceptors (Lipinski definition) is 6. The highest BCUT2D eigenvalue weighted by Gasteiger charge is 2.21. The Labute approximate surface area is 162 Å². The molecule has 4 rings (SSSR count). The molecule has 0 atom stereocenters. The summed E-state index contributed by atoms with van der Waals surface area (Å²) < 4.78 is 0. The summed E-state index contributed by atoms with van der Waals surface area (Å²) >= 11 is 1.59. The normalized spacial score (nSPS) is 14.4. The molecule has 1 aliphatic rings. The number of hydrogen-bond donors (Lipinski definition) is 0. The van der Waals surface area contributed by atoms with Crippen molar-refractivity contribution >= 4 is 23.1 Å². The molecular weight excluding hydrogens is 358 g/mol. The molecule has 0 unspecified atom stereocenters. The van der Waals surface area contributed by atoms with E-state index in [9.17, 15) is 4.79 Å². The second kappa shape index (κ2) is 8.26. The van der Waals surface area contributed by atoms with Crippen LogP contribution in [-0.2, 0) is 11.2 Å². The second-order valence-electron chi connectivity index (χ2n) is 6.40. The Kier molecular flexibility index (Phi) is 5.39. The molecule has 138 valence electrons. The van der Waals surface area contributed by atoms with Crippen LogP contribution in [0.1, 0.15) is 11.4 Å². The minimum atomic E-state index is 0.199. The SMILES string of the molecule is O=C(CCc1nc(-c2ccccn2)cs1)N1CCN(c2ccccn2)CC1. The van der Waals surface area contributed by atoms with Crippen LogP contribution in [0.2, 0.25) is 0 Å². The third-order valence-electron chi connectivity index (χ3n) is 4.64. The Morgan fingerprint density at radius 2 is 1.74 bits per heavy atom. The zero-order valence-corrected chi connectivity index (χ0v) is 15.8. The van der Waals surface area contributed by atoms with E-state index >= 15 is 0 Å². The number of aromatic nitrogens is 3. The molecule has 3 aromatic rings. The van der Waals surface area contributed by atoms with Gasteiger partial charge in [0.05, 0.1) is 16.4 Å². The zero-order valence-electron chi connectivity index (χ0n) is 15.0. The standard InChI is InChI=1S/C20H21N5OS/c26-20(25-13-11-24(12-14-25)18-6-2-4-10-22-18)8-7-19-23-17(15-27-19)16-5-1-3-9-21-16/h1-6,9-10,15H,7-8,11-14H2. The van der Waals surface area contributed by atoms with Crippen LogP contribution in [0.15, 0.2) is 54.2 Å². The maximum Gasteiger partial charge on any atom is 0.223 e. The van der Waals surface area contributed by atoms with Crippen molar-refractivity contribution in [3.63, 3.8) is 0 Å². The highest BCUT2D eigenvalue weighted by atomic mass is 32.1. The number of nitrogens with zero attached hydrogens (tertiary/aromatic N) is 5. The van der Waals surface area contributed by atoms with Gasteiger partial charge in [0.15, 0.2) is 0 Å². The molecule has 0 aromatic carbocycles. The van der Waals surface area contributed by atoms with E-state index in [2.05, 4.69) is 19.9 Å². The van der Waals surface area contributed by atoms with E-state index < -0.39 is 0 Å². The molecule has 27 heavy (non-hydrogen) atoms. The van der Waals surface area contributed by atoms with E-state index in [-0.39, 0.29) is 5.91 Å². The van der Waals surface area contributed by atoms with Gasteiger partial charge in [-0.05, 0) is 24.3 Å². The summed E-state index contributed by atoms with van der Waals surface area (Å²) in [5, 5.41) is 2.99. The maximum absolute atomic E-state index is 12.5. The lowest BCUT2D eigenvalue weighted by atomic mass is 10.2. The van der Waals surface area contributed by atoms with Crippen molar-refractivity contribution in [3.8, 4) is 11.4 Å². The van der Waals surface area contributed by atoms with Crippen LogP contribution in [-0.4, -0.2) is 51.9 Å². The second-order valence-corrected chi connectivity index (χ2v) is 7.34. The van der Waals surface area contributed by atoms with Crippen LogP contribution >= 0.6 is 11.3 Å². The topological polar surface area (TPSA) is 62.2 Å². The van der Waals surface area contributed by atoms with Crippen molar-refractivity contribution < 1.29 is 4.79 Å². The van der Waals surface area contributed by atoms with Crippen molar-refractivity contribution in [1.29, 1.82) is 0 Å². The van der Waals surface area contributed by atoms with Crippen LogP contribution < -0.4 is 4.90 Å². The van der Waals surface area contributed by atoms with Gasteiger partial charge in [-0.3, -0.25) is 9.78 Å². The highest BCUT2D eigenvalue weighted by Crippen LogP contribution is 2.21. The number of pyridine rings is 2. The quantitative estimate of drug-likeness (QED) is 0.682. The largest absolute Gasteiger partial charge is 0.353 e. The molecule has 0 spiro atoms. The van der Waals surface area contributed by atoms with E-state index in [1.165, 1.54) is 0 Å². The zero-order chi connectivity index (χ0) is 18.5. The van der Waals surface area contributed by atoms with E-state index in [1.807, 2.05) is 46.7 Å². The third kappa shape index (κ3) is 4.31. The van der Waals surface area contributed by atoms with Gasteiger partial charge in [0.2, 0.25) is 5.91 Å². The maximum atomic E-state index is 12.5. The van der Waals surface area contributed by atoms with E-state index in [0.717, 1.165) is 48.4 Å². The first-order valence-corrected chi connectivity index (χ1v) is 9.97. The minimum absolute atomic E-state index is 0.199. The van der Waals surface area contributed by atoms with Crippen LogP contribution in [0.5, 0.6) is 0 Å². The molecule has 0 N–H and O–H groups in total. The van der Waals surface area contributed by atoms with E-state index in [4.69, 9.17) is 0 Å². The van der Waals surface area contributed by atoms with Crippen LogP contribution in [0.4, 0.5) is 5.82 Å². The molecule has 0 radical (unpaired) electrons. The van der Waals surface area contributed by atoms with Gasteiger partial charge < -0.3 is 9.80 Å². The predicted molar refractivity (Wildman–Crippen MR) is 107 cm³/mol. The average Bonchev–Trinajstić information content (AvgIpc) is 3.22. The van der Waals surface area contributed by atoms with Crippen molar-refractivity contribution in [1.82, 2.24) is 19.9 Å². The van der Waals surface area contributed by atoms with Gasteiger partial charge in [-0.25, -0.2) is 9.97 Å². The molecule has 0 aliphatic carbocycles. The van der Waals surface area contributed by atoms with Crippen molar-refractivity contribution in [2.75, 3.05) is 31.1 Å². The van der Waals surface area contributed by atoms with E-state index in [1.54, 1.807) is 23.7 Å². The summed E-state index contributed by atoms with van der Waals surface area (Å²) in [6.07, 6.45) is 4.75. The summed E-state index contributed by atoms with van der Waals surface area (Å²) in [5.41, 5.74) is 1.75. The summed E-state index contributed by atoms with van der Waals surface area (Å²) in [6.45, 7) is 3.13. The molecule has 4 heterocycles. The molecular formula is C20H21N5OS. The van der Waals surface area contributed by atoms with Gasteiger partial charge in [-0.15, -0.1) is 11.3 Å². The van der Waals surface area contributed by atoms with Crippen molar-refractivity contribution in [2.45, 2.75) is 12.8 Å². The predicted octanol–water partition coefficient (Wildman–Crippen LogP) is 2.88. The number of rotatable bonds is 5. The molecule has 7 heteroatoms. The number of aryl methyl sites for hydroxylation is 1. The molecule has 1 saturated heterocycles. The molecule has 1 fully saturated rings. The fourth-order valence-electron chi connectivity index (χ4n) is 3.16. The number of thiazole rings is 1. The fourth-order valence-corrected chi connectivity index (χ4v) is 3.95. The molecule has 1 aliphatic heterocycles. The van der Waals surface area contributed by atoms with Crippen LogP contribution in [0.3, 0.4) is 0 Å². The monoisotopic (exact) mass is 379 g/mol. The molecule has 0 saturated carbocycles. The first-order valence-electron chi connectivity index (χ1n) is 9.09. The number of piperazine rings is 1. The van der Waals surface area contributed by atoms with Crippen LogP contribution in [0.25, 0.3) is 11.4 Å². The lowest BCUT2D eigenvalue weighted by Gasteiger charge is -2.35. The fraction of sp³-hybridized carbons (Fsp3) is 0.300. The van der Waals surface area contributed by atoms with Gasteiger partial charge in [0.1, 0.15) is 5.82 Å². The van der Waals surface area contributed by atoms with Gasteiger partial charge in [-0.1, -0.05) is 12.1 Å². The first-order chi connectivity index (χ1) is 13.3. The van der Waals surface area contributed by atoms with Crippen LogP contribution in [0, 0.1) is 0 Å².